The van der Waals surface area contributed by atoms with Crippen molar-refractivity contribution in [2.24, 2.45) is 0 Å². The van der Waals surface area contributed by atoms with Crippen LogP contribution in [0.4, 0.5) is 0 Å². The van der Waals surface area contributed by atoms with Crippen molar-refractivity contribution in [3.8, 4) is 0 Å². The molecule has 0 aliphatic carbocycles. The first-order chi connectivity index (χ1) is 8.95. The fourth-order valence-corrected chi connectivity index (χ4v) is 2.90. The molecule has 0 amide bonds. The van der Waals surface area contributed by atoms with Gasteiger partial charge in [0.1, 0.15) is 0 Å². The first-order valence-electron chi connectivity index (χ1n) is 7.08. The molecule has 1 aromatic carbocycles. The van der Waals surface area contributed by atoms with Crippen LogP contribution in [0.1, 0.15) is 36.6 Å². The van der Waals surface area contributed by atoms with Gasteiger partial charge in [-0.05, 0) is 38.8 Å². The van der Waals surface area contributed by atoms with Gasteiger partial charge in [0.15, 0.2) is 0 Å². The Balaban J connectivity index is 2.04. The Morgan fingerprint density at radius 2 is 1.89 bits per heavy atom. The Labute approximate surface area is 116 Å². The lowest BCUT2D eigenvalue weighted by Crippen LogP contribution is -2.46. The SMILES string of the molecule is Cc1ccc(C)c(C(O)CN2CC(C)OC(C)C2)c1. The van der Waals surface area contributed by atoms with E-state index in [1.54, 1.807) is 0 Å². The first kappa shape index (κ1) is 14.5. The molecular formula is C16H25NO2. The number of morpholine rings is 1. The third kappa shape index (κ3) is 3.78. The number of aryl methyl sites for hydroxylation is 2. The van der Waals surface area contributed by atoms with Crippen molar-refractivity contribution in [1.29, 1.82) is 0 Å². The average Bonchev–Trinajstić information content (AvgIpc) is 2.30. The molecule has 3 atom stereocenters. The monoisotopic (exact) mass is 263 g/mol. The van der Waals surface area contributed by atoms with Crippen molar-refractivity contribution < 1.29 is 9.84 Å². The molecule has 0 saturated carbocycles. The molecule has 1 aliphatic rings. The highest BCUT2D eigenvalue weighted by molar-refractivity contribution is 5.32. The molecule has 19 heavy (non-hydrogen) atoms. The first-order valence-corrected chi connectivity index (χ1v) is 7.08. The molecule has 3 heteroatoms. The van der Waals surface area contributed by atoms with E-state index in [1.165, 1.54) is 5.56 Å². The van der Waals surface area contributed by atoms with Crippen molar-refractivity contribution in [3.05, 3.63) is 34.9 Å². The number of ether oxygens (including phenoxy) is 1. The largest absolute Gasteiger partial charge is 0.387 e. The summed E-state index contributed by atoms with van der Waals surface area (Å²) in [7, 11) is 0. The highest BCUT2D eigenvalue weighted by atomic mass is 16.5. The number of hydrogen-bond donors (Lipinski definition) is 1. The second-order valence-corrected chi connectivity index (χ2v) is 5.85. The summed E-state index contributed by atoms with van der Waals surface area (Å²) < 4.78 is 5.72. The van der Waals surface area contributed by atoms with Crippen LogP contribution in [-0.4, -0.2) is 41.8 Å². The van der Waals surface area contributed by atoms with E-state index in [9.17, 15) is 5.11 Å². The molecule has 1 fully saturated rings. The molecule has 1 N–H and O–H groups in total. The summed E-state index contributed by atoms with van der Waals surface area (Å²) in [6.45, 7) is 10.8. The number of β-amino-alcohol motifs (C(OH)–C–C–N with tert-alkyl or cyclic N) is 1. The predicted octanol–water partition coefficient (Wildman–Crippen LogP) is 2.45. The Hall–Kier alpha value is -0.900. The summed E-state index contributed by atoms with van der Waals surface area (Å²) in [5, 5.41) is 10.5. The number of rotatable bonds is 3. The van der Waals surface area contributed by atoms with Crippen LogP contribution in [0.3, 0.4) is 0 Å². The molecule has 1 aromatic rings. The average molecular weight is 263 g/mol. The zero-order chi connectivity index (χ0) is 14.0. The minimum Gasteiger partial charge on any atom is -0.387 e. The second kappa shape index (κ2) is 6.04. The van der Waals surface area contributed by atoms with Gasteiger partial charge in [-0.1, -0.05) is 23.8 Å². The molecule has 1 heterocycles. The zero-order valence-corrected chi connectivity index (χ0v) is 12.4. The summed E-state index contributed by atoms with van der Waals surface area (Å²) in [6, 6.07) is 6.26. The highest BCUT2D eigenvalue weighted by Gasteiger charge is 2.24. The van der Waals surface area contributed by atoms with Gasteiger partial charge in [0.05, 0.1) is 18.3 Å². The van der Waals surface area contributed by atoms with Crippen LogP contribution < -0.4 is 0 Å². The van der Waals surface area contributed by atoms with Crippen LogP contribution in [0.5, 0.6) is 0 Å². The third-order valence-electron chi connectivity index (χ3n) is 3.72. The smallest absolute Gasteiger partial charge is 0.0919 e. The van der Waals surface area contributed by atoms with E-state index in [1.807, 2.05) is 0 Å². The van der Waals surface area contributed by atoms with E-state index in [0.717, 1.165) is 24.2 Å². The number of nitrogens with zero attached hydrogens (tertiary/aromatic N) is 1. The summed E-state index contributed by atoms with van der Waals surface area (Å²) in [6.07, 6.45) is 0.0708. The molecule has 0 spiro atoms. The van der Waals surface area contributed by atoms with Gasteiger partial charge < -0.3 is 9.84 Å². The maximum atomic E-state index is 10.5. The lowest BCUT2D eigenvalue weighted by Gasteiger charge is -2.36. The van der Waals surface area contributed by atoms with E-state index >= 15 is 0 Å². The van der Waals surface area contributed by atoms with E-state index in [-0.39, 0.29) is 12.2 Å². The van der Waals surface area contributed by atoms with Crippen LogP contribution in [0.2, 0.25) is 0 Å². The fraction of sp³-hybridized carbons (Fsp3) is 0.625. The molecule has 106 valence electrons. The Bertz CT molecular complexity index is 423. The van der Waals surface area contributed by atoms with E-state index in [4.69, 9.17) is 4.74 Å². The Kier molecular flexibility index (Phi) is 4.61. The summed E-state index contributed by atoms with van der Waals surface area (Å²) in [5.41, 5.74) is 3.41. The quantitative estimate of drug-likeness (QED) is 0.909. The standard InChI is InChI=1S/C16H25NO2/c1-11-5-6-12(2)15(7-11)16(18)10-17-8-13(3)19-14(4)9-17/h5-7,13-14,16,18H,8-10H2,1-4H3. The highest BCUT2D eigenvalue weighted by Crippen LogP contribution is 2.22. The molecule has 0 bridgehead atoms. The third-order valence-corrected chi connectivity index (χ3v) is 3.72. The second-order valence-electron chi connectivity index (χ2n) is 5.85. The normalized spacial score (nSPS) is 26.4. The molecule has 0 radical (unpaired) electrons. The van der Waals surface area contributed by atoms with Crippen LogP contribution in [0.25, 0.3) is 0 Å². The van der Waals surface area contributed by atoms with Crippen molar-refractivity contribution in [2.45, 2.75) is 46.0 Å². The maximum absolute atomic E-state index is 10.5. The number of aliphatic hydroxyl groups is 1. The van der Waals surface area contributed by atoms with Crippen LogP contribution in [0, 0.1) is 13.8 Å². The van der Waals surface area contributed by atoms with Gasteiger partial charge in [0.2, 0.25) is 0 Å². The molecule has 1 saturated heterocycles. The van der Waals surface area contributed by atoms with Crippen molar-refractivity contribution in [3.63, 3.8) is 0 Å². The summed E-state index contributed by atoms with van der Waals surface area (Å²) in [5.74, 6) is 0. The van der Waals surface area contributed by atoms with Crippen molar-refractivity contribution in [2.75, 3.05) is 19.6 Å². The van der Waals surface area contributed by atoms with Gasteiger partial charge in [-0.25, -0.2) is 0 Å². The predicted molar refractivity (Wildman–Crippen MR) is 77.3 cm³/mol. The molecule has 1 aliphatic heterocycles. The topological polar surface area (TPSA) is 32.7 Å². The van der Waals surface area contributed by atoms with Crippen molar-refractivity contribution in [1.82, 2.24) is 4.90 Å². The van der Waals surface area contributed by atoms with Gasteiger partial charge in [0.25, 0.3) is 0 Å². The molecular weight excluding hydrogens is 238 g/mol. The lowest BCUT2D eigenvalue weighted by molar-refractivity contribution is -0.0767. The number of benzene rings is 1. The van der Waals surface area contributed by atoms with Gasteiger partial charge in [-0.15, -0.1) is 0 Å². The maximum Gasteiger partial charge on any atom is 0.0919 e. The fourth-order valence-electron chi connectivity index (χ4n) is 2.90. The summed E-state index contributed by atoms with van der Waals surface area (Å²) >= 11 is 0. The minimum absolute atomic E-state index is 0.245. The Morgan fingerprint density at radius 1 is 1.26 bits per heavy atom. The van der Waals surface area contributed by atoms with E-state index in [0.29, 0.717) is 6.54 Å². The molecule has 0 aromatic heterocycles. The lowest BCUT2D eigenvalue weighted by atomic mass is 10.00. The summed E-state index contributed by atoms with van der Waals surface area (Å²) in [4.78, 5) is 2.30. The molecule has 3 nitrogen and oxygen atoms in total. The van der Waals surface area contributed by atoms with E-state index < -0.39 is 6.10 Å². The molecule has 3 unspecified atom stereocenters. The number of aliphatic hydroxyl groups excluding tert-OH is 1. The van der Waals surface area contributed by atoms with Gasteiger partial charge >= 0.3 is 0 Å². The number of hydrogen-bond acceptors (Lipinski definition) is 3. The van der Waals surface area contributed by atoms with E-state index in [2.05, 4.69) is 50.8 Å². The zero-order valence-electron chi connectivity index (χ0n) is 12.4. The van der Waals surface area contributed by atoms with Gasteiger partial charge in [0, 0.05) is 19.6 Å². The van der Waals surface area contributed by atoms with Crippen LogP contribution >= 0.6 is 0 Å². The van der Waals surface area contributed by atoms with Crippen molar-refractivity contribution >= 4 is 0 Å². The molecule has 2 rings (SSSR count). The van der Waals surface area contributed by atoms with Crippen LogP contribution in [-0.2, 0) is 4.74 Å². The van der Waals surface area contributed by atoms with Gasteiger partial charge in [-0.3, -0.25) is 4.90 Å². The van der Waals surface area contributed by atoms with Gasteiger partial charge in [-0.2, -0.15) is 0 Å². The Morgan fingerprint density at radius 3 is 2.53 bits per heavy atom. The minimum atomic E-state index is -0.419. The van der Waals surface area contributed by atoms with Crippen LogP contribution in [0.15, 0.2) is 18.2 Å².